The van der Waals surface area contributed by atoms with Gasteiger partial charge in [0.15, 0.2) is 74.9 Å². The van der Waals surface area contributed by atoms with E-state index in [9.17, 15) is 71.9 Å². The molecule has 15 rings (SSSR count). The summed E-state index contributed by atoms with van der Waals surface area (Å²) < 4.78 is 218. The minimum Gasteiger partial charge on any atom is -0.481 e. The summed E-state index contributed by atoms with van der Waals surface area (Å²) in [6, 6.07) is 33.0. The SMILES string of the molecule is C.C.C.CC(=O)CC#N.CCOC(=O)C(C#N)c1ccc2c(c1)OC(F)(F)O2.ClCCBr.FC1(F)Oc2ccc(Br)cc2O1.N#CC1(c2ccc3c(c2)OC(F)(F)O3)CC1.N#CCc1ccc2c(c1)OC(F)(F)O2.O=C(Cl)C1(c2ccc3c(c2)OC(F)(F)O3)CC1.O=C(O)C1(c2ccc3c(c2)OC(F)(F)O3)CC1.O=S(Cl)Cl. The second kappa shape index (κ2) is 38.9. The first-order valence-electron chi connectivity index (χ1n) is 30.5. The van der Waals surface area contributed by atoms with E-state index in [4.69, 9.17) is 58.3 Å². The van der Waals surface area contributed by atoms with Gasteiger partial charge in [-0.2, -0.15) is 21.0 Å². The average molecular weight is 1820 g/mol. The van der Waals surface area contributed by atoms with Crippen LogP contribution < -0.4 is 56.8 Å². The molecule has 6 heterocycles. The van der Waals surface area contributed by atoms with Gasteiger partial charge in [0.25, 0.3) is 0 Å². The molecule has 9 aliphatic rings. The number of hydrogen-bond donors (Lipinski definition) is 1. The number of alkyl halides is 14. The molecule has 0 spiro atoms. The highest BCUT2D eigenvalue weighted by Crippen LogP contribution is 2.55. The van der Waals surface area contributed by atoms with Crippen molar-refractivity contribution in [3.05, 3.63) is 141 Å². The molecule has 3 saturated carbocycles. The van der Waals surface area contributed by atoms with Crippen molar-refractivity contribution in [3.8, 4) is 93.3 Å². The van der Waals surface area contributed by atoms with Gasteiger partial charge in [-0.25, -0.2) is 4.21 Å². The van der Waals surface area contributed by atoms with Crippen molar-refractivity contribution >= 4 is 109 Å². The standard InChI is InChI=1S/C12H9F2NO4.C11H7ClF2O3.C11H7F2NO2.C11H8F2O4.C9H5F2NO2.C7H3BrF2O2.C4H5NO.C2H4BrCl.3CH4.Cl2OS/c1-2-17-11(16)8(6-15)7-3-4-9-10(5-7)19-12(13,14)18-9;12-9(15)10(3-4-10)6-1-2-7-8(5-6)17-11(13,14)16-7;12-11(13)15-8-2-1-7(5-9(8)16-11)10(6-14)3-4-10;12-11(13)16-7-2-1-6(5-8(7)17-11)10(3-4-10)9(14)15;10-9(11)13-7-2-1-6(3-4-12)5-8(7)14-9;8-4-1-2-5-6(3-4)12-7(9,10)11-5;1-4(6)2-3-5;3-1-2-4;;;;1-4(2)3/h3-5,8H,2H2,1H3;1-2,5H,3-4H2;1-2,5H,3-4H2;1-2,5H,3-4H2,(H,14,15);1-2,5H,3H2;1-3H;2H2,1H3;1-2H2;3*1H4;. The Bertz CT molecular complexity index is 4500. The number of carboxylic acids is 1. The number of aliphatic carboxylic acids is 1. The summed E-state index contributed by atoms with van der Waals surface area (Å²) in [5.74, 6) is -2.77. The Labute approximate surface area is 668 Å². The predicted octanol–water partition coefficient (Wildman–Crippen LogP) is 19.6. The number of carbonyl (C=O) groups is 4. The molecule has 1 unspecified atom stereocenters. The number of nitrogens with zero attached hydrogens (tertiary/aromatic N) is 4. The Morgan fingerprint density at radius 3 is 1.16 bits per heavy atom. The molecule has 42 heteroatoms. The molecule has 0 radical (unpaired) electrons. The molecular formula is C70H60Br2Cl4F12N4O19S. The topological polar surface area (TPSA) is 321 Å². The van der Waals surface area contributed by atoms with Gasteiger partial charge in [-0.3, -0.25) is 19.2 Å². The van der Waals surface area contributed by atoms with Gasteiger partial charge in [0, 0.05) is 37.0 Å². The number of ether oxygens (including phenoxy) is 13. The second-order valence-electron chi connectivity index (χ2n) is 22.8. The van der Waals surface area contributed by atoms with Gasteiger partial charge in [0.2, 0.25) is 14.5 Å². The fraction of sp³-hybridized carbons (Fsp3) is 0.371. The minimum absolute atomic E-state index is 0. The van der Waals surface area contributed by atoms with Crippen molar-refractivity contribution in [2.75, 3.05) is 17.8 Å². The van der Waals surface area contributed by atoms with Gasteiger partial charge >= 0.3 is 49.7 Å². The molecule has 6 aromatic carbocycles. The quantitative estimate of drug-likeness (QED) is 0.0545. The van der Waals surface area contributed by atoms with Gasteiger partial charge in [0.1, 0.15) is 5.78 Å². The number of ketones is 1. The third kappa shape index (κ3) is 25.8. The number of Topliss-reactive ketones (excluding diaryl/α,β-unsaturated/α-hetero) is 1. The van der Waals surface area contributed by atoms with Crippen molar-refractivity contribution in [1.82, 2.24) is 0 Å². The third-order valence-electron chi connectivity index (χ3n) is 15.0. The average Bonchev–Trinajstić information content (AvgIpc) is 1.60. The number of nitriles is 4. The monoisotopic (exact) mass is 1820 g/mol. The first-order valence-corrected chi connectivity index (χ1v) is 36.1. The molecular weight excluding hydrogens is 1760 g/mol. The number of esters is 1. The zero-order valence-electron chi connectivity index (χ0n) is 55.0. The highest BCUT2D eigenvalue weighted by Gasteiger charge is 2.55. The van der Waals surface area contributed by atoms with Crippen molar-refractivity contribution in [2.24, 2.45) is 0 Å². The normalized spacial score (nSPS) is 17.7. The van der Waals surface area contributed by atoms with Crippen molar-refractivity contribution in [1.29, 1.82) is 21.0 Å². The molecule has 3 aliphatic carbocycles. The Morgan fingerprint density at radius 1 is 0.518 bits per heavy atom. The molecule has 0 aromatic heterocycles. The van der Waals surface area contributed by atoms with Crippen LogP contribution in [0.25, 0.3) is 0 Å². The summed E-state index contributed by atoms with van der Waals surface area (Å²) in [5, 5.41) is 43.6. The Hall–Kier alpha value is -9.41. The van der Waals surface area contributed by atoms with Crippen molar-refractivity contribution in [2.45, 2.75) is 147 Å². The number of fused-ring (bicyclic) bond motifs is 6. The lowest BCUT2D eigenvalue weighted by atomic mass is 9.96. The van der Waals surface area contributed by atoms with Crippen LogP contribution in [0.4, 0.5) is 52.7 Å². The van der Waals surface area contributed by atoms with Crippen LogP contribution in [0.1, 0.15) is 115 Å². The second-order valence-corrected chi connectivity index (χ2v) is 27.7. The molecule has 1 N–H and O–H groups in total. The van der Waals surface area contributed by atoms with E-state index in [1.54, 1.807) is 43.3 Å². The minimum atomic E-state index is -3.73. The van der Waals surface area contributed by atoms with E-state index in [1.807, 2.05) is 6.07 Å². The van der Waals surface area contributed by atoms with E-state index in [-0.39, 0.29) is 122 Å². The number of hydrogen-bond acceptors (Lipinski definition) is 22. The van der Waals surface area contributed by atoms with E-state index < -0.39 is 86.3 Å². The number of rotatable bonds is 11. The summed E-state index contributed by atoms with van der Waals surface area (Å²) in [6.45, 7) is 3.12. The molecule has 6 aliphatic heterocycles. The van der Waals surface area contributed by atoms with Crippen molar-refractivity contribution in [3.63, 3.8) is 0 Å². The van der Waals surface area contributed by atoms with Crippen LogP contribution in [0.15, 0.2) is 114 Å². The first kappa shape index (κ1) is 95.0. The molecule has 0 saturated heterocycles. The lowest BCUT2D eigenvalue weighted by Gasteiger charge is -2.10. The highest BCUT2D eigenvalue weighted by molar-refractivity contribution is 9.10. The van der Waals surface area contributed by atoms with Gasteiger partial charge in [-0.1, -0.05) is 84.5 Å². The summed E-state index contributed by atoms with van der Waals surface area (Å²) in [4.78, 5) is 43.8. The van der Waals surface area contributed by atoms with E-state index in [1.165, 1.54) is 91.9 Å². The molecule has 606 valence electrons. The smallest absolute Gasteiger partial charge is 0.481 e. The summed E-state index contributed by atoms with van der Waals surface area (Å²) in [7, 11) is 7.36. The highest BCUT2D eigenvalue weighted by atomic mass is 79.9. The fourth-order valence-electron chi connectivity index (χ4n) is 9.67. The van der Waals surface area contributed by atoms with Crippen LogP contribution >= 0.6 is 76.4 Å². The Balaban J connectivity index is 0.000000273. The van der Waals surface area contributed by atoms with Crippen LogP contribution in [0.3, 0.4) is 0 Å². The molecule has 6 aromatic rings. The van der Waals surface area contributed by atoms with E-state index >= 15 is 0 Å². The molecule has 0 bridgehead atoms. The largest absolute Gasteiger partial charge is 0.586 e. The van der Waals surface area contributed by atoms with Gasteiger partial charge in [-0.05, 0) is 171 Å². The fourth-order valence-corrected chi connectivity index (χ4v) is 10.3. The van der Waals surface area contributed by atoms with E-state index in [0.29, 0.717) is 52.7 Å². The zero-order chi connectivity index (χ0) is 80.9. The van der Waals surface area contributed by atoms with E-state index in [0.717, 1.165) is 23.7 Å². The maximum absolute atomic E-state index is 12.8. The maximum Gasteiger partial charge on any atom is 0.586 e. The van der Waals surface area contributed by atoms with Gasteiger partial charge in [-0.15, -0.1) is 64.3 Å². The maximum atomic E-state index is 12.8. The number of carbonyl (C=O) groups excluding carboxylic acids is 3. The zero-order valence-corrected chi connectivity index (χ0v) is 62.1. The Kier molecular flexibility index (Phi) is 33.0. The molecule has 112 heavy (non-hydrogen) atoms. The molecule has 23 nitrogen and oxygen atoms in total. The van der Waals surface area contributed by atoms with Gasteiger partial charge < -0.3 is 66.7 Å². The first-order chi connectivity index (χ1) is 51.0. The van der Waals surface area contributed by atoms with E-state index in [2.05, 4.69) is 116 Å². The summed E-state index contributed by atoms with van der Waals surface area (Å²) >= 11 is 16.9. The number of halogens is 18. The van der Waals surface area contributed by atoms with Crippen LogP contribution in [0.5, 0.6) is 69.0 Å². The van der Waals surface area contributed by atoms with Crippen LogP contribution in [0, 0.1) is 45.3 Å². The molecule has 3 fully saturated rings. The van der Waals surface area contributed by atoms with Crippen LogP contribution in [-0.4, -0.2) is 87.9 Å². The molecule has 0 amide bonds. The molecule has 1 atom stereocenters. The van der Waals surface area contributed by atoms with Crippen LogP contribution in [0.2, 0.25) is 0 Å². The Morgan fingerprint density at radius 2 is 0.848 bits per heavy atom. The lowest BCUT2D eigenvalue weighted by Crippen LogP contribution is -2.26. The third-order valence-corrected chi connectivity index (χ3v) is 16.9. The van der Waals surface area contributed by atoms with Crippen LogP contribution in [-0.2, 0) is 55.8 Å². The number of benzene rings is 6. The number of carboxylic acid groups (broad SMARTS) is 1. The lowest BCUT2D eigenvalue weighted by molar-refractivity contribution is -0.287. The van der Waals surface area contributed by atoms with Gasteiger partial charge in [0.05, 0.1) is 60.0 Å². The van der Waals surface area contributed by atoms with Crippen molar-refractivity contribution < 1.29 is 143 Å². The summed E-state index contributed by atoms with van der Waals surface area (Å²) in [6.07, 6.45) is -17.7. The summed E-state index contributed by atoms with van der Waals surface area (Å²) in [5.41, 5.74) is 0.455. The predicted molar refractivity (Wildman–Crippen MR) is 380 cm³/mol.